The predicted octanol–water partition coefficient (Wildman–Crippen LogP) is 2.27. The van der Waals surface area contributed by atoms with E-state index in [1.165, 1.54) is 6.33 Å². The van der Waals surface area contributed by atoms with Gasteiger partial charge in [-0.05, 0) is 34.5 Å². The number of pyridine rings is 1. The summed E-state index contributed by atoms with van der Waals surface area (Å²) in [5, 5.41) is 4.10. The fraction of sp³-hybridized carbons (Fsp3) is 0.333. The van der Waals surface area contributed by atoms with Crippen molar-refractivity contribution in [1.82, 2.24) is 19.7 Å². The smallest absolute Gasteiger partial charge is 0.189 e. The zero-order valence-corrected chi connectivity index (χ0v) is 11.6. The number of nitrogens with zero attached hydrogens (tertiary/aromatic N) is 4. The molecule has 18 heavy (non-hydrogen) atoms. The Bertz CT molecular complexity index is 553. The summed E-state index contributed by atoms with van der Waals surface area (Å²) in [5.74, 6) is 0.618. The summed E-state index contributed by atoms with van der Waals surface area (Å²) in [6, 6.07) is 3.58. The normalized spacial score (nSPS) is 10.6. The van der Waals surface area contributed by atoms with Gasteiger partial charge < -0.3 is 0 Å². The second-order valence-corrected chi connectivity index (χ2v) is 4.69. The molecule has 0 aromatic carbocycles. The van der Waals surface area contributed by atoms with E-state index in [9.17, 15) is 4.79 Å². The standard InChI is InChI=1S/C12H13BrN4O/c1-2-6-17-11(15-8-16-17)7-10(18)12-9(13)4-3-5-14-12/h3-5,8H,2,6-7H2,1H3. The summed E-state index contributed by atoms with van der Waals surface area (Å²) >= 11 is 3.32. The van der Waals surface area contributed by atoms with Gasteiger partial charge in [-0.25, -0.2) is 9.67 Å². The van der Waals surface area contributed by atoms with Gasteiger partial charge in [0.2, 0.25) is 0 Å². The van der Waals surface area contributed by atoms with Crippen molar-refractivity contribution in [2.45, 2.75) is 26.3 Å². The van der Waals surface area contributed by atoms with Gasteiger partial charge in [0.25, 0.3) is 0 Å². The Morgan fingerprint density at radius 2 is 2.28 bits per heavy atom. The van der Waals surface area contributed by atoms with Crippen LogP contribution in [-0.2, 0) is 13.0 Å². The van der Waals surface area contributed by atoms with E-state index >= 15 is 0 Å². The first-order chi connectivity index (χ1) is 8.72. The van der Waals surface area contributed by atoms with Gasteiger partial charge in [-0.2, -0.15) is 5.10 Å². The van der Waals surface area contributed by atoms with E-state index in [0.717, 1.165) is 13.0 Å². The van der Waals surface area contributed by atoms with E-state index in [1.807, 2.05) is 0 Å². The van der Waals surface area contributed by atoms with Crippen molar-refractivity contribution in [2.75, 3.05) is 0 Å². The third-order valence-corrected chi connectivity index (χ3v) is 3.11. The summed E-state index contributed by atoms with van der Waals surface area (Å²) in [5.41, 5.74) is 0.434. The van der Waals surface area contributed by atoms with Crippen molar-refractivity contribution in [2.24, 2.45) is 0 Å². The SMILES string of the molecule is CCCn1ncnc1CC(=O)c1ncccc1Br. The molecule has 2 aromatic rings. The molecule has 2 rings (SSSR count). The van der Waals surface area contributed by atoms with Crippen LogP contribution >= 0.6 is 15.9 Å². The third-order valence-electron chi connectivity index (χ3n) is 2.47. The molecular weight excluding hydrogens is 296 g/mol. The highest BCUT2D eigenvalue weighted by atomic mass is 79.9. The summed E-state index contributed by atoms with van der Waals surface area (Å²) in [4.78, 5) is 20.3. The first kappa shape index (κ1) is 12.9. The quantitative estimate of drug-likeness (QED) is 0.795. The lowest BCUT2D eigenvalue weighted by Gasteiger charge is -2.04. The number of aromatic nitrogens is 4. The van der Waals surface area contributed by atoms with Crippen LogP contribution in [0.1, 0.15) is 29.7 Å². The third kappa shape index (κ3) is 2.81. The number of halogens is 1. The van der Waals surface area contributed by atoms with Gasteiger partial charge in [0, 0.05) is 17.2 Å². The Labute approximate surface area is 113 Å². The molecule has 5 nitrogen and oxygen atoms in total. The van der Waals surface area contributed by atoms with Gasteiger partial charge in [-0.15, -0.1) is 0 Å². The molecule has 2 heterocycles. The number of aryl methyl sites for hydroxylation is 1. The van der Waals surface area contributed by atoms with Crippen molar-refractivity contribution in [3.8, 4) is 0 Å². The second-order valence-electron chi connectivity index (χ2n) is 3.83. The van der Waals surface area contributed by atoms with Gasteiger partial charge in [0.15, 0.2) is 5.78 Å². The molecule has 0 spiro atoms. The Hall–Kier alpha value is -1.56. The molecule has 0 fully saturated rings. The van der Waals surface area contributed by atoms with Crippen molar-refractivity contribution in [3.63, 3.8) is 0 Å². The van der Waals surface area contributed by atoms with Crippen LogP contribution in [-0.4, -0.2) is 25.5 Å². The van der Waals surface area contributed by atoms with Crippen LogP contribution < -0.4 is 0 Å². The molecule has 2 aromatic heterocycles. The molecule has 0 atom stereocenters. The molecule has 0 radical (unpaired) electrons. The van der Waals surface area contributed by atoms with E-state index < -0.39 is 0 Å². The predicted molar refractivity (Wildman–Crippen MR) is 70.3 cm³/mol. The fourth-order valence-corrected chi connectivity index (χ4v) is 2.12. The summed E-state index contributed by atoms with van der Waals surface area (Å²) in [6.07, 6.45) is 4.26. The average Bonchev–Trinajstić information content (AvgIpc) is 2.78. The lowest BCUT2D eigenvalue weighted by Crippen LogP contribution is -2.13. The van der Waals surface area contributed by atoms with Crippen LogP contribution in [0.5, 0.6) is 0 Å². The molecule has 94 valence electrons. The van der Waals surface area contributed by atoms with Gasteiger partial charge in [0.05, 0.1) is 6.42 Å². The Kier molecular flexibility index (Phi) is 4.19. The monoisotopic (exact) mass is 308 g/mol. The Morgan fingerprint density at radius 3 is 3.00 bits per heavy atom. The number of carbonyl (C=O) groups excluding carboxylic acids is 1. The molecular formula is C12H13BrN4O. The van der Waals surface area contributed by atoms with Crippen molar-refractivity contribution >= 4 is 21.7 Å². The summed E-state index contributed by atoms with van der Waals surface area (Å²) in [6.45, 7) is 2.83. The molecule has 0 saturated heterocycles. The molecule has 0 saturated carbocycles. The van der Waals surface area contributed by atoms with Crippen LogP contribution in [0, 0.1) is 0 Å². The molecule has 0 aliphatic heterocycles. The van der Waals surface area contributed by atoms with Crippen LogP contribution in [0.25, 0.3) is 0 Å². The van der Waals surface area contributed by atoms with Crippen molar-refractivity contribution in [3.05, 3.63) is 40.6 Å². The molecule has 0 amide bonds. The van der Waals surface area contributed by atoms with Gasteiger partial charge in [-0.3, -0.25) is 9.78 Å². The zero-order valence-electron chi connectivity index (χ0n) is 10.0. The van der Waals surface area contributed by atoms with Crippen LogP contribution in [0.15, 0.2) is 29.1 Å². The molecule has 0 unspecified atom stereocenters. The minimum Gasteiger partial charge on any atom is -0.292 e. The molecule has 0 N–H and O–H groups in total. The van der Waals surface area contributed by atoms with E-state index in [1.54, 1.807) is 23.0 Å². The lowest BCUT2D eigenvalue weighted by atomic mass is 10.2. The van der Waals surface area contributed by atoms with E-state index in [4.69, 9.17) is 0 Å². The molecule has 0 aliphatic rings. The zero-order chi connectivity index (χ0) is 13.0. The van der Waals surface area contributed by atoms with Crippen LogP contribution in [0.2, 0.25) is 0 Å². The molecule has 0 bridgehead atoms. The first-order valence-corrected chi connectivity index (χ1v) is 6.52. The Morgan fingerprint density at radius 1 is 1.44 bits per heavy atom. The van der Waals surface area contributed by atoms with E-state index in [0.29, 0.717) is 16.0 Å². The van der Waals surface area contributed by atoms with Gasteiger partial charge >= 0.3 is 0 Å². The van der Waals surface area contributed by atoms with Crippen LogP contribution in [0.4, 0.5) is 0 Å². The van der Waals surface area contributed by atoms with Crippen molar-refractivity contribution in [1.29, 1.82) is 0 Å². The van der Waals surface area contributed by atoms with Crippen LogP contribution in [0.3, 0.4) is 0 Å². The number of carbonyl (C=O) groups is 1. The number of Topliss-reactive ketones (excluding diaryl/α,β-unsaturated/α-hetero) is 1. The lowest BCUT2D eigenvalue weighted by molar-refractivity contribution is 0.0983. The minimum atomic E-state index is -0.0622. The van der Waals surface area contributed by atoms with Gasteiger partial charge in [-0.1, -0.05) is 6.92 Å². The number of hydrogen-bond donors (Lipinski definition) is 0. The highest BCUT2D eigenvalue weighted by molar-refractivity contribution is 9.10. The largest absolute Gasteiger partial charge is 0.292 e. The minimum absolute atomic E-state index is 0.0622. The maximum atomic E-state index is 12.1. The maximum absolute atomic E-state index is 12.1. The Balaban J connectivity index is 2.17. The molecule has 6 heteroatoms. The fourth-order valence-electron chi connectivity index (χ4n) is 1.64. The first-order valence-electron chi connectivity index (χ1n) is 5.72. The van der Waals surface area contributed by atoms with E-state index in [-0.39, 0.29) is 12.2 Å². The highest BCUT2D eigenvalue weighted by Gasteiger charge is 2.15. The summed E-state index contributed by atoms with van der Waals surface area (Å²) < 4.78 is 2.46. The topological polar surface area (TPSA) is 60.7 Å². The van der Waals surface area contributed by atoms with Crippen molar-refractivity contribution < 1.29 is 4.79 Å². The average molecular weight is 309 g/mol. The van der Waals surface area contributed by atoms with E-state index in [2.05, 4.69) is 37.9 Å². The number of ketones is 1. The van der Waals surface area contributed by atoms with Gasteiger partial charge in [0.1, 0.15) is 17.8 Å². The summed E-state index contributed by atoms with van der Waals surface area (Å²) in [7, 11) is 0. The number of hydrogen-bond acceptors (Lipinski definition) is 4. The maximum Gasteiger partial charge on any atom is 0.189 e. The molecule has 0 aliphatic carbocycles. The number of rotatable bonds is 5. The highest BCUT2D eigenvalue weighted by Crippen LogP contribution is 2.15. The second kappa shape index (κ2) is 5.86.